The van der Waals surface area contributed by atoms with Gasteiger partial charge in [-0.05, 0) is 37.5 Å². The second kappa shape index (κ2) is 5.60. The molecule has 1 fully saturated rings. The van der Waals surface area contributed by atoms with E-state index >= 15 is 0 Å². The van der Waals surface area contributed by atoms with Gasteiger partial charge in [-0.1, -0.05) is 34.1 Å². The van der Waals surface area contributed by atoms with E-state index in [1.54, 1.807) is 0 Å². The highest BCUT2D eigenvalue weighted by atomic mass is 16.2. The molecule has 1 amide bonds. The summed E-state index contributed by atoms with van der Waals surface area (Å²) in [4.78, 5) is 12.5. The molecule has 3 N–H and O–H groups in total. The number of amides is 1. The fraction of sp³-hybridized carbons (Fsp3) is 0.933. The van der Waals surface area contributed by atoms with Gasteiger partial charge in [-0.2, -0.15) is 0 Å². The SMILES string of the molecule is CC(C)CC(C)(CN)NC(=O)C1CCCC1(C)C. The summed E-state index contributed by atoms with van der Waals surface area (Å²) >= 11 is 0. The van der Waals surface area contributed by atoms with E-state index in [0.29, 0.717) is 12.5 Å². The summed E-state index contributed by atoms with van der Waals surface area (Å²) in [6.45, 7) is 11.3. The van der Waals surface area contributed by atoms with Crippen molar-refractivity contribution in [3.63, 3.8) is 0 Å². The van der Waals surface area contributed by atoms with Crippen molar-refractivity contribution in [3.8, 4) is 0 Å². The third-order valence-corrected chi connectivity index (χ3v) is 4.31. The van der Waals surface area contributed by atoms with Gasteiger partial charge in [-0.25, -0.2) is 0 Å². The lowest BCUT2D eigenvalue weighted by Crippen LogP contribution is -2.54. The van der Waals surface area contributed by atoms with Crippen molar-refractivity contribution in [3.05, 3.63) is 0 Å². The Hall–Kier alpha value is -0.570. The second-order valence-electron chi connectivity index (χ2n) is 7.29. The van der Waals surface area contributed by atoms with E-state index in [2.05, 4.69) is 39.9 Å². The van der Waals surface area contributed by atoms with E-state index in [9.17, 15) is 4.79 Å². The molecule has 1 aliphatic rings. The van der Waals surface area contributed by atoms with Crippen LogP contribution in [-0.2, 0) is 4.79 Å². The van der Waals surface area contributed by atoms with Gasteiger partial charge in [0.2, 0.25) is 5.91 Å². The average Bonchev–Trinajstić information content (AvgIpc) is 2.56. The molecule has 0 aromatic rings. The molecule has 0 radical (unpaired) electrons. The number of nitrogens with one attached hydrogen (secondary N) is 1. The lowest BCUT2D eigenvalue weighted by Gasteiger charge is -2.35. The maximum atomic E-state index is 12.5. The first kappa shape index (κ1) is 15.5. The Morgan fingerprint density at radius 3 is 2.50 bits per heavy atom. The predicted molar refractivity (Wildman–Crippen MR) is 76.2 cm³/mol. The highest BCUT2D eigenvalue weighted by Gasteiger charge is 2.41. The van der Waals surface area contributed by atoms with E-state index in [1.807, 2.05) is 0 Å². The number of hydrogen-bond donors (Lipinski definition) is 2. The molecule has 2 unspecified atom stereocenters. The van der Waals surface area contributed by atoms with Gasteiger partial charge >= 0.3 is 0 Å². The van der Waals surface area contributed by atoms with Crippen molar-refractivity contribution in [2.45, 2.75) is 65.8 Å². The van der Waals surface area contributed by atoms with E-state index in [4.69, 9.17) is 5.73 Å². The smallest absolute Gasteiger partial charge is 0.224 e. The van der Waals surface area contributed by atoms with E-state index in [1.165, 1.54) is 0 Å². The van der Waals surface area contributed by atoms with Crippen LogP contribution in [0.25, 0.3) is 0 Å². The molecule has 0 aromatic heterocycles. The first-order valence-corrected chi connectivity index (χ1v) is 7.22. The molecule has 18 heavy (non-hydrogen) atoms. The summed E-state index contributed by atoms with van der Waals surface area (Å²) < 4.78 is 0. The summed E-state index contributed by atoms with van der Waals surface area (Å²) in [5.74, 6) is 0.886. The number of hydrogen-bond acceptors (Lipinski definition) is 2. The van der Waals surface area contributed by atoms with Crippen LogP contribution in [0.4, 0.5) is 0 Å². The Kier molecular flexibility index (Phi) is 4.82. The minimum atomic E-state index is -0.260. The molecule has 1 saturated carbocycles. The van der Waals surface area contributed by atoms with Crippen molar-refractivity contribution in [1.82, 2.24) is 5.32 Å². The Morgan fingerprint density at radius 2 is 2.11 bits per heavy atom. The van der Waals surface area contributed by atoms with Gasteiger partial charge in [0.25, 0.3) is 0 Å². The van der Waals surface area contributed by atoms with E-state index < -0.39 is 0 Å². The lowest BCUT2D eigenvalue weighted by molar-refractivity contribution is -0.129. The van der Waals surface area contributed by atoms with Crippen molar-refractivity contribution >= 4 is 5.91 Å². The molecular weight excluding hydrogens is 224 g/mol. The van der Waals surface area contributed by atoms with Gasteiger partial charge in [0.15, 0.2) is 0 Å². The van der Waals surface area contributed by atoms with E-state index in [0.717, 1.165) is 25.7 Å². The zero-order valence-corrected chi connectivity index (χ0v) is 12.7. The molecule has 106 valence electrons. The van der Waals surface area contributed by atoms with Gasteiger partial charge in [-0.15, -0.1) is 0 Å². The van der Waals surface area contributed by atoms with Gasteiger partial charge < -0.3 is 11.1 Å². The molecule has 0 saturated heterocycles. The first-order chi connectivity index (χ1) is 8.20. The molecule has 0 aliphatic heterocycles. The molecule has 2 atom stereocenters. The minimum Gasteiger partial charge on any atom is -0.349 e. The average molecular weight is 254 g/mol. The summed E-state index contributed by atoms with van der Waals surface area (Å²) in [6.07, 6.45) is 4.26. The van der Waals surface area contributed by atoms with E-state index in [-0.39, 0.29) is 22.8 Å². The van der Waals surface area contributed by atoms with Crippen LogP contribution in [0.2, 0.25) is 0 Å². The van der Waals surface area contributed by atoms with Gasteiger partial charge in [0, 0.05) is 18.0 Å². The van der Waals surface area contributed by atoms with Crippen LogP contribution in [0.1, 0.15) is 60.3 Å². The first-order valence-electron chi connectivity index (χ1n) is 7.22. The molecule has 3 nitrogen and oxygen atoms in total. The molecule has 1 aliphatic carbocycles. The number of nitrogens with two attached hydrogens (primary N) is 1. The Balaban J connectivity index is 2.68. The lowest BCUT2D eigenvalue weighted by atomic mass is 9.80. The molecule has 0 heterocycles. The molecule has 3 heteroatoms. The van der Waals surface area contributed by atoms with Crippen molar-refractivity contribution < 1.29 is 4.79 Å². The third-order valence-electron chi connectivity index (χ3n) is 4.31. The van der Waals surface area contributed by atoms with Crippen LogP contribution in [0, 0.1) is 17.3 Å². The van der Waals surface area contributed by atoms with Crippen LogP contribution < -0.4 is 11.1 Å². The molecular formula is C15H30N2O. The number of carbonyl (C=O) groups is 1. The Morgan fingerprint density at radius 1 is 1.50 bits per heavy atom. The highest BCUT2D eigenvalue weighted by Crippen LogP contribution is 2.42. The maximum absolute atomic E-state index is 12.5. The summed E-state index contributed by atoms with van der Waals surface area (Å²) in [6, 6.07) is 0. The van der Waals surface area contributed by atoms with Crippen LogP contribution in [0.5, 0.6) is 0 Å². The highest BCUT2D eigenvalue weighted by molar-refractivity contribution is 5.80. The topological polar surface area (TPSA) is 55.1 Å². The van der Waals surface area contributed by atoms with Gasteiger partial charge in [0.1, 0.15) is 0 Å². The molecule has 0 bridgehead atoms. The molecule has 1 rings (SSSR count). The normalized spacial score (nSPS) is 26.1. The fourth-order valence-corrected chi connectivity index (χ4v) is 3.28. The number of carbonyl (C=O) groups excluding carboxylic acids is 1. The third kappa shape index (κ3) is 3.71. The van der Waals surface area contributed by atoms with Crippen LogP contribution >= 0.6 is 0 Å². The fourth-order valence-electron chi connectivity index (χ4n) is 3.28. The van der Waals surface area contributed by atoms with Crippen molar-refractivity contribution in [2.24, 2.45) is 23.0 Å². The second-order valence-corrected chi connectivity index (χ2v) is 7.29. The minimum absolute atomic E-state index is 0.136. The zero-order chi connectivity index (χ0) is 14.0. The van der Waals surface area contributed by atoms with Crippen LogP contribution in [-0.4, -0.2) is 18.0 Å². The van der Waals surface area contributed by atoms with Crippen molar-refractivity contribution in [2.75, 3.05) is 6.54 Å². The summed E-state index contributed by atoms with van der Waals surface area (Å²) in [5.41, 5.74) is 5.73. The quantitative estimate of drug-likeness (QED) is 0.792. The van der Waals surface area contributed by atoms with Gasteiger partial charge in [-0.3, -0.25) is 4.79 Å². The monoisotopic (exact) mass is 254 g/mol. The molecule has 0 aromatic carbocycles. The maximum Gasteiger partial charge on any atom is 0.224 e. The summed E-state index contributed by atoms with van der Waals surface area (Å²) in [5, 5.41) is 3.21. The largest absolute Gasteiger partial charge is 0.349 e. The van der Waals surface area contributed by atoms with Crippen LogP contribution in [0.3, 0.4) is 0 Å². The Labute approximate surface area is 112 Å². The Bertz CT molecular complexity index is 299. The van der Waals surface area contributed by atoms with Crippen LogP contribution in [0.15, 0.2) is 0 Å². The number of rotatable bonds is 5. The van der Waals surface area contributed by atoms with Gasteiger partial charge in [0.05, 0.1) is 0 Å². The van der Waals surface area contributed by atoms with Crippen molar-refractivity contribution in [1.29, 1.82) is 0 Å². The summed E-state index contributed by atoms with van der Waals surface area (Å²) in [7, 11) is 0. The predicted octanol–water partition coefficient (Wildman–Crippen LogP) is 2.69. The standard InChI is InChI=1S/C15H30N2O/c1-11(2)9-15(5,10-16)17-13(18)12-7-6-8-14(12,3)4/h11-12H,6-10,16H2,1-5H3,(H,17,18). The zero-order valence-electron chi connectivity index (χ0n) is 12.7. The molecule has 0 spiro atoms.